The molecule has 0 aromatic heterocycles. The lowest BCUT2D eigenvalue weighted by atomic mass is 10.2. The summed E-state index contributed by atoms with van der Waals surface area (Å²) in [5.74, 6) is 0.647. The van der Waals surface area contributed by atoms with Gasteiger partial charge in [-0.3, -0.25) is 4.79 Å². The number of anilines is 1. The molecule has 1 heterocycles. The van der Waals surface area contributed by atoms with E-state index in [1.165, 1.54) is 0 Å². The lowest BCUT2D eigenvalue weighted by Gasteiger charge is -2.27. The van der Waals surface area contributed by atoms with Crippen molar-refractivity contribution in [1.29, 1.82) is 0 Å². The van der Waals surface area contributed by atoms with Crippen LogP contribution in [0.15, 0.2) is 24.3 Å². The number of benzene rings is 1. The molecule has 0 saturated carbocycles. The van der Waals surface area contributed by atoms with Crippen molar-refractivity contribution in [3.63, 3.8) is 0 Å². The molecular weight excluding hydrogens is 310 g/mol. The third-order valence-electron chi connectivity index (χ3n) is 4.04. The molecule has 0 aliphatic carbocycles. The fraction of sp³-hybridized carbons (Fsp3) is 0.529. The van der Waals surface area contributed by atoms with E-state index in [-0.39, 0.29) is 43.6 Å². The van der Waals surface area contributed by atoms with Crippen LogP contribution in [0.25, 0.3) is 0 Å². The van der Waals surface area contributed by atoms with Crippen molar-refractivity contribution in [1.82, 2.24) is 10.2 Å². The Morgan fingerprint density at radius 1 is 1.50 bits per heavy atom. The highest BCUT2D eigenvalue weighted by Gasteiger charge is 2.32. The molecule has 24 heavy (non-hydrogen) atoms. The number of carbonyl (C=O) groups is 2. The molecule has 3 amide bonds. The summed E-state index contributed by atoms with van der Waals surface area (Å²) in [5, 5.41) is 12.0. The Morgan fingerprint density at radius 2 is 2.25 bits per heavy atom. The topological polar surface area (TPSA) is 82.1 Å². The number of nitrogens with one attached hydrogen (secondary N) is 1. The second-order valence-corrected chi connectivity index (χ2v) is 6.07. The Hall–Kier alpha value is -2.28. The third kappa shape index (κ3) is 4.17. The lowest BCUT2D eigenvalue weighted by Crippen LogP contribution is -2.49. The molecule has 132 valence electrons. The Balaban J connectivity index is 2.02. The highest BCUT2D eigenvalue weighted by Crippen LogP contribution is 2.25. The van der Waals surface area contributed by atoms with Gasteiger partial charge in [-0.05, 0) is 26.0 Å². The van der Waals surface area contributed by atoms with Crippen LogP contribution in [0.1, 0.15) is 20.3 Å². The smallest absolute Gasteiger partial charge is 0.318 e. The zero-order valence-electron chi connectivity index (χ0n) is 14.4. The van der Waals surface area contributed by atoms with Gasteiger partial charge in [0.15, 0.2) is 0 Å². The summed E-state index contributed by atoms with van der Waals surface area (Å²) in [7, 11) is 1.58. The van der Waals surface area contributed by atoms with Crippen molar-refractivity contribution >= 4 is 17.6 Å². The molecule has 0 spiro atoms. The van der Waals surface area contributed by atoms with Crippen LogP contribution in [0.4, 0.5) is 10.5 Å². The maximum atomic E-state index is 12.3. The summed E-state index contributed by atoms with van der Waals surface area (Å²) in [6, 6.07) is 6.75. The Bertz CT molecular complexity index is 591. The molecule has 0 bridgehead atoms. The first-order valence-electron chi connectivity index (χ1n) is 8.08. The van der Waals surface area contributed by atoms with E-state index >= 15 is 0 Å². The Labute approximate surface area is 142 Å². The van der Waals surface area contributed by atoms with E-state index in [1.807, 2.05) is 32.0 Å². The molecule has 2 N–H and O–H groups in total. The number of hydrogen-bond donors (Lipinski definition) is 2. The zero-order valence-corrected chi connectivity index (χ0v) is 14.4. The van der Waals surface area contributed by atoms with Crippen LogP contribution in [0.2, 0.25) is 0 Å². The van der Waals surface area contributed by atoms with E-state index in [0.717, 1.165) is 5.69 Å². The van der Waals surface area contributed by atoms with Crippen LogP contribution in [0.5, 0.6) is 5.75 Å². The van der Waals surface area contributed by atoms with Crippen molar-refractivity contribution in [2.24, 2.45) is 0 Å². The maximum absolute atomic E-state index is 12.3. The minimum atomic E-state index is -0.260. The van der Waals surface area contributed by atoms with E-state index in [0.29, 0.717) is 12.3 Å². The van der Waals surface area contributed by atoms with Crippen molar-refractivity contribution in [3.05, 3.63) is 24.3 Å². The minimum absolute atomic E-state index is 0.0243. The fourth-order valence-electron chi connectivity index (χ4n) is 2.79. The third-order valence-corrected chi connectivity index (χ3v) is 4.04. The second kappa shape index (κ2) is 8.01. The predicted molar refractivity (Wildman–Crippen MR) is 91.2 cm³/mol. The fourth-order valence-corrected chi connectivity index (χ4v) is 2.79. The summed E-state index contributed by atoms with van der Waals surface area (Å²) in [5.41, 5.74) is 0.757. The number of ether oxygens (including phenoxy) is 1. The summed E-state index contributed by atoms with van der Waals surface area (Å²) in [4.78, 5) is 27.8. The molecule has 1 aromatic rings. The van der Waals surface area contributed by atoms with E-state index in [4.69, 9.17) is 9.84 Å². The second-order valence-electron chi connectivity index (χ2n) is 6.07. The molecule has 1 aliphatic heterocycles. The number of amides is 3. The quantitative estimate of drug-likeness (QED) is 0.819. The molecule has 0 radical (unpaired) electrons. The molecule has 1 aliphatic rings. The van der Waals surface area contributed by atoms with Crippen LogP contribution < -0.4 is 15.0 Å². The van der Waals surface area contributed by atoms with Crippen molar-refractivity contribution in [3.8, 4) is 5.75 Å². The van der Waals surface area contributed by atoms with Crippen LogP contribution in [0.3, 0.4) is 0 Å². The number of rotatable bonds is 6. The Morgan fingerprint density at radius 3 is 2.88 bits per heavy atom. The largest absolute Gasteiger partial charge is 0.497 e. The number of carbonyl (C=O) groups excluding carboxylic acids is 2. The van der Waals surface area contributed by atoms with Gasteiger partial charge in [-0.1, -0.05) is 6.07 Å². The normalized spacial score (nSPS) is 17.3. The zero-order chi connectivity index (χ0) is 17.7. The monoisotopic (exact) mass is 335 g/mol. The van der Waals surface area contributed by atoms with Gasteiger partial charge in [0.1, 0.15) is 5.75 Å². The summed E-state index contributed by atoms with van der Waals surface area (Å²) >= 11 is 0. The number of hydrogen-bond acceptors (Lipinski definition) is 4. The molecule has 7 heteroatoms. The van der Waals surface area contributed by atoms with E-state index in [2.05, 4.69) is 5.32 Å². The first-order chi connectivity index (χ1) is 11.5. The van der Waals surface area contributed by atoms with Crippen LogP contribution in [-0.2, 0) is 4.79 Å². The molecule has 1 atom stereocenters. The SMILES string of the molecule is COc1cccc(N2C[C@H](NC(=O)N(CCO)C(C)C)CC2=O)c1. The Kier molecular flexibility index (Phi) is 6.03. The number of aliphatic hydroxyl groups excluding tert-OH is 1. The first-order valence-corrected chi connectivity index (χ1v) is 8.08. The predicted octanol–water partition coefficient (Wildman–Crippen LogP) is 1.21. The van der Waals surface area contributed by atoms with Gasteiger partial charge in [0.25, 0.3) is 0 Å². The molecule has 1 aromatic carbocycles. The van der Waals surface area contributed by atoms with Crippen LogP contribution in [0, 0.1) is 0 Å². The van der Waals surface area contributed by atoms with Gasteiger partial charge >= 0.3 is 6.03 Å². The first kappa shape index (κ1) is 18.1. The number of aliphatic hydroxyl groups is 1. The minimum Gasteiger partial charge on any atom is -0.497 e. The van der Waals surface area contributed by atoms with Crippen molar-refractivity contribution in [2.75, 3.05) is 31.7 Å². The van der Waals surface area contributed by atoms with Crippen molar-refractivity contribution < 1.29 is 19.4 Å². The highest BCUT2D eigenvalue weighted by molar-refractivity contribution is 5.97. The number of urea groups is 1. The molecule has 1 saturated heterocycles. The molecular formula is C17H25N3O4. The highest BCUT2D eigenvalue weighted by atomic mass is 16.5. The average Bonchev–Trinajstić information content (AvgIpc) is 2.92. The van der Waals surface area contributed by atoms with Gasteiger partial charge in [-0.25, -0.2) is 4.79 Å². The van der Waals surface area contributed by atoms with Gasteiger partial charge in [0.05, 0.1) is 19.8 Å². The summed E-state index contributed by atoms with van der Waals surface area (Å²) in [6.45, 7) is 4.37. The maximum Gasteiger partial charge on any atom is 0.318 e. The summed E-state index contributed by atoms with van der Waals surface area (Å²) < 4.78 is 5.19. The molecule has 1 fully saturated rings. The molecule has 2 rings (SSSR count). The molecule has 0 unspecified atom stereocenters. The summed E-state index contributed by atoms with van der Waals surface area (Å²) in [6.07, 6.45) is 0.258. The van der Waals surface area contributed by atoms with E-state index in [9.17, 15) is 9.59 Å². The number of nitrogens with zero attached hydrogens (tertiary/aromatic N) is 2. The van der Waals surface area contributed by atoms with Crippen LogP contribution in [-0.4, -0.2) is 60.8 Å². The van der Waals surface area contributed by atoms with Gasteiger partial charge < -0.3 is 25.0 Å². The lowest BCUT2D eigenvalue weighted by molar-refractivity contribution is -0.117. The average molecular weight is 335 g/mol. The number of methoxy groups -OCH3 is 1. The van der Waals surface area contributed by atoms with E-state index < -0.39 is 0 Å². The molecule has 7 nitrogen and oxygen atoms in total. The van der Waals surface area contributed by atoms with Crippen molar-refractivity contribution in [2.45, 2.75) is 32.4 Å². The van der Waals surface area contributed by atoms with Crippen LogP contribution >= 0.6 is 0 Å². The standard InChI is InChI=1S/C17H25N3O4/c1-12(2)19(7-8-21)17(23)18-13-9-16(22)20(11-13)14-5-4-6-15(10-14)24-3/h4-6,10,12-13,21H,7-9,11H2,1-3H3,(H,18,23)/t13-/m1/s1. The van der Waals surface area contributed by atoms with Gasteiger partial charge in [-0.15, -0.1) is 0 Å². The van der Waals surface area contributed by atoms with E-state index in [1.54, 1.807) is 23.0 Å². The van der Waals surface area contributed by atoms with Gasteiger partial charge in [0.2, 0.25) is 5.91 Å². The van der Waals surface area contributed by atoms with Gasteiger partial charge in [0, 0.05) is 37.3 Å². The van der Waals surface area contributed by atoms with Gasteiger partial charge in [-0.2, -0.15) is 0 Å².